The maximum absolute atomic E-state index is 13.7. The number of carbonyl (C=O) groups excluding carboxylic acids is 2. The highest BCUT2D eigenvalue weighted by Crippen LogP contribution is 2.36. The molecule has 5 rings (SSSR count). The van der Waals surface area contributed by atoms with E-state index in [0.29, 0.717) is 18.8 Å². The summed E-state index contributed by atoms with van der Waals surface area (Å²) in [5.74, 6) is -0.107. The molecule has 5 nitrogen and oxygen atoms in total. The minimum atomic E-state index is -0.945. The summed E-state index contributed by atoms with van der Waals surface area (Å²) in [5.41, 5.74) is 1.94. The number of nitrogens with zero attached hydrogens (tertiary/aromatic N) is 2. The highest BCUT2D eigenvalue weighted by atomic mass is 32.1. The molecule has 162 valence electrons. The summed E-state index contributed by atoms with van der Waals surface area (Å²) in [4.78, 5) is 30.3. The average molecular weight is 436 g/mol. The number of thiophene rings is 1. The minimum absolute atomic E-state index is 0.0367. The molecule has 2 amide bonds. The number of carbonyl (C=O) groups is 2. The second-order valence-corrected chi connectivity index (χ2v) is 10.1. The van der Waals surface area contributed by atoms with Gasteiger partial charge in [0, 0.05) is 18.0 Å². The molecular weight excluding hydrogens is 406 g/mol. The molecule has 3 aromatic rings. The first-order chi connectivity index (χ1) is 15.0. The largest absolute Gasteiger partial charge is 0.351 e. The van der Waals surface area contributed by atoms with E-state index in [0.717, 1.165) is 47.0 Å². The molecule has 2 aliphatic rings. The number of rotatable bonds is 4. The van der Waals surface area contributed by atoms with Gasteiger partial charge in [-0.05, 0) is 55.3 Å². The Balaban J connectivity index is 1.54. The third kappa shape index (κ3) is 3.47. The lowest BCUT2D eigenvalue weighted by molar-refractivity contribution is -0.134. The summed E-state index contributed by atoms with van der Waals surface area (Å²) in [5, 5.41) is 6.42. The number of benzene rings is 1. The van der Waals surface area contributed by atoms with Crippen LogP contribution in [0.1, 0.15) is 60.6 Å². The summed E-state index contributed by atoms with van der Waals surface area (Å²) < 4.78 is 2.05. The first-order valence-electron chi connectivity index (χ1n) is 11.2. The molecule has 0 bridgehead atoms. The number of aryl methyl sites for hydroxylation is 1. The molecule has 6 heteroatoms. The van der Waals surface area contributed by atoms with E-state index in [1.54, 1.807) is 16.2 Å². The Labute approximate surface area is 187 Å². The van der Waals surface area contributed by atoms with Crippen molar-refractivity contribution >= 4 is 33.4 Å². The molecule has 1 N–H and O–H groups in total. The fraction of sp³-hybridized carbons (Fsp3) is 0.440. The minimum Gasteiger partial charge on any atom is -0.351 e. The van der Waals surface area contributed by atoms with Crippen LogP contribution in [0, 0.1) is 6.92 Å². The zero-order chi connectivity index (χ0) is 21.6. The molecule has 1 atom stereocenters. The van der Waals surface area contributed by atoms with Gasteiger partial charge in [0.15, 0.2) is 0 Å². The molecule has 1 aliphatic carbocycles. The van der Waals surface area contributed by atoms with E-state index < -0.39 is 5.54 Å². The second kappa shape index (κ2) is 7.83. The van der Waals surface area contributed by atoms with Crippen molar-refractivity contribution in [1.29, 1.82) is 0 Å². The summed E-state index contributed by atoms with van der Waals surface area (Å²) in [7, 11) is 0. The zero-order valence-corrected chi connectivity index (χ0v) is 19.0. The van der Waals surface area contributed by atoms with Crippen molar-refractivity contribution in [2.24, 2.45) is 0 Å². The molecule has 1 fully saturated rings. The van der Waals surface area contributed by atoms with Crippen molar-refractivity contribution in [1.82, 2.24) is 14.8 Å². The molecule has 0 radical (unpaired) electrons. The van der Waals surface area contributed by atoms with Crippen LogP contribution in [0.2, 0.25) is 0 Å². The van der Waals surface area contributed by atoms with Gasteiger partial charge >= 0.3 is 0 Å². The van der Waals surface area contributed by atoms with Crippen molar-refractivity contribution in [3.8, 4) is 0 Å². The Morgan fingerprint density at radius 3 is 2.74 bits per heavy atom. The van der Waals surface area contributed by atoms with Crippen molar-refractivity contribution in [3.05, 3.63) is 58.6 Å². The summed E-state index contributed by atoms with van der Waals surface area (Å²) >= 11 is 1.63. The van der Waals surface area contributed by atoms with E-state index in [4.69, 9.17) is 0 Å². The summed E-state index contributed by atoms with van der Waals surface area (Å²) in [6.45, 7) is 4.90. The van der Waals surface area contributed by atoms with Gasteiger partial charge in [0.1, 0.15) is 16.1 Å². The van der Waals surface area contributed by atoms with Crippen LogP contribution in [0.4, 0.5) is 0 Å². The first kappa shape index (κ1) is 20.3. The smallest absolute Gasteiger partial charge is 0.271 e. The molecule has 1 aromatic carbocycles. The number of amides is 2. The highest BCUT2D eigenvalue weighted by Gasteiger charge is 2.48. The third-order valence-corrected chi connectivity index (χ3v) is 8.00. The van der Waals surface area contributed by atoms with E-state index in [1.165, 1.54) is 6.42 Å². The monoisotopic (exact) mass is 435 g/mol. The van der Waals surface area contributed by atoms with E-state index >= 15 is 0 Å². The average Bonchev–Trinajstić information content (AvgIpc) is 3.35. The number of nitrogens with one attached hydrogen (secondary N) is 1. The lowest BCUT2D eigenvalue weighted by Crippen LogP contribution is -2.64. The van der Waals surface area contributed by atoms with E-state index in [2.05, 4.69) is 22.9 Å². The number of aromatic nitrogens is 1. The maximum Gasteiger partial charge on any atom is 0.271 e. The van der Waals surface area contributed by atoms with Gasteiger partial charge in [0.05, 0.1) is 6.54 Å². The predicted molar refractivity (Wildman–Crippen MR) is 124 cm³/mol. The second-order valence-electron chi connectivity index (χ2n) is 9.20. The van der Waals surface area contributed by atoms with Crippen LogP contribution in [-0.2, 0) is 17.9 Å². The first-order valence-corrected chi connectivity index (χ1v) is 12.1. The van der Waals surface area contributed by atoms with Crippen LogP contribution < -0.4 is 5.32 Å². The van der Waals surface area contributed by atoms with E-state index in [1.807, 2.05) is 42.6 Å². The predicted octanol–water partition coefficient (Wildman–Crippen LogP) is 4.87. The van der Waals surface area contributed by atoms with Crippen LogP contribution in [0.5, 0.6) is 0 Å². The standard InChI is InChI=1S/C25H29N3O2S/c1-17-8-6-7-9-19(17)15-28-22(29)21-14-18-12-13-31-23(18)27(21)16-25(28,2)24(30)26-20-10-4-3-5-11-20/h6-9,12-14,20H,3-5,10-11,15-16H2,1-2H3,(H,26,30). The highest BCUT2D eigenvalue weighted by molar-refractivity contribution is 7.16. The molecule has 0 saturated heterocycles. The van der Waals surface area contributed by atoms with Crippen LogP contribution in [0.25, 0.3) is 10.2 Å². The van der Waals surface area contributed by atoms with Crippen molar-refractivity contribution in [3.63, 3.8) is 0 Å². The van der Waals surface area contributed by atoms with Crippen LogP contribution >= 0.6 is 11.3 Å². The zero-order valence-electron chi connectivity index (χ0n) is 18.2. The van der Waals surface area contributed by atoms with Gasteiger partial charge in [-0.2, -0.15) is 0 Å². The van der Waals surface area contributed by atoms with Crippen LogP contribution in [0.3, 0.4) is 0 Å². The normalized spacial score (nSPS) is 22.0. The van der Waals surface area contributed by atoms with Gasteiger partial charge in [0.25, 0.3) is 5.91 Å². The Hall–Kier alpha value is -2.60. The van der Waals surface area contributed by atoms with Crippen molar-refractivity contribution in [2.75, 3.05) is 0 Å². The van der Waals surface area contributed by atoms with Crippen LogP contribution in [-0.4, -0.2) is 32.9 Å². The molecule has 1 unspecified atom stereocenters. The van der Waals surface area contributed by atoms with E-state index in [-0.39, 0.29) is 17.9 Å². The van der Waals surface area contributed by atoms with Gasteiger partial charge in [-0.15, -0.1) is 11.3 Å². The number of fused-ring (bicyclic) bond motifs is 3. The van der Waals surface area contributed by atoms with Gasteiger partial charge < -0.3 is 14.8 Å². The Kier molecular flexibility index (Phi) is 5.13. The molecule has 3 heterocycles. The molecular formula is C25H29N3O2S. The summed E-state index contributed by atoms with van der Waals surface area (Å²) in [6.07, 6.45) is 5.61. The van der Waals surface area contributed by atoms with Gasteiger partial charge in [-0.3, -0.25) is 9.59 Å². The van der Waals surface area contributed by atoms with Gasteiger partial charge in [-0.25, -0.2) is 0 Å². The number of hydrogen-bond acceptors (Lipinski definition) is 3. The third-order valence-electron chi connectivity index (χ3n) is 7.05. The Bertz CT molecular complexity index is 1140. The molecule has 31 heavy (non-hydrogen) atoms. The molecule has 2 aromatic heterocycles. The van der Waals surface area contributed by atoms with Gasteiger partial charge in [-0.1, -0.05) is 43.5 Å². The van der Waals surface area contributed by atoms with Crippen molar-refractivity contribution < 1.29 is 9.59 Å². The lowest BCUT2D eigenvalue weighted by Gasteiger charge is -2.45. The van der Waals surface area contributed by atoms with E-state index in [9.17, 15) is 9.59 Å². The molecule has 1 aliphatic heterocycles. The fourth-order valence-corrected chi connectivity index (χ4v) is 5.95. The quantitative estimate of drug-likeness (QED) is 0.635. The molecule has 1 saturated carbocycles. The van der Waals surface area contributed by atoms with Crippen molar-refractivity contribution in [2.45, 2.75) is 70.6 Å². The Morgan fingerprint density at radius 2 is 1.97 bits per heavy atom. The lowest BCUT2D eigenvalue weighted by atomic mass is 9.91. The molecule has 0 spiro atoms. The van der Waals surface area contributed by atoms with Gasteiger partial charge in [0.2, 0.25) is 5.91 Å². The summed E-state index contributed by atoms with van der Waals surface area (Å²) in [6, 6.07) is 12.3. The van der Waals surface area contributed by atoms with Crippen LogP contribution in [0.15, 0.2) is 41.8 Å². The maximum atomic E-state index is 13.7. The fourth-order valence-electron chi connectivity index (χ4n) is 5.05. The SMILES string of the molecule is Cc1ccccc1CN1C(=O)c2cc3ccsc3n2CC1(C)C(=O)NC1CCCCC1. The Morgan fingerprint density at radius 1 is 1.19 bits per heavy atom. The number of hydrogen-bond donors (Lipinski definition) is 1. The topological polar surface area (TPSA) is 54.3 Å².